The van der Waals surface area contributed by atoms with Crippen molar-refractivity contribution in [2.24, 2.45) is 5.92 Å². The van der Waals surface area contributed by atoms with Gasteiger partial charge in [-0.1, -0.05) is 0 Å². The van der Waals surface area contributed by atoms with Crippen LogP contribution in [0.4, 0.5) is 0 Å². The third kappa shape index (κ3) is 5.25. The average molecular weight is 306 g/mol. The summed E-state index contributed by atoms with van der Waals surface area (Å²) in [7, 11) is -3.09. The van der Waals surface area contributed by atoms with Gasteiger partial charge in [-0.05, 0) is 63.8 Å². The maximum atomic E-state index is 12.2. The van der Waals surface area contributed by atoms with Crippen molar-refractivity contribution in [3.05, 3.63) is 0 Å². The molecule has 2 aliphatic rings. The van der Waals surface area contributed by atoms with Gasteiger partial charge in [-0.25, -0.2) is 13.1 Å². The van der Waals surface area contributed by atoms with Gasteiger partial charge in [0.15, 0.2) is 0 Å². The van der Waals surface area contributed by atoms with Gasteiger partial charge in [0, 0.05) is 11.3 Å². The zero-order chi connectivity index (χ0) is 13.7. The minimum atomic E-state index is -3.09. The normalized spacial score (nSPS) is 30.4. The van der Waals surface area contributed by atoms with Crippen LogP contribution in [0.15, 0.2) is 0 Å². The molecule has 112 valence electrons. The highest BCUT2D eigenvalue weighted by atomic mass is 32.2. The van der Waals surface area contributed by atoms with Crippen molar-refractivity contribution in [3.63, 3.8) is 0 Å². The molecule has 1 aliphatic heterocycles. The summed E-state index contributed by atoms with van der Waals surface area (Å²) >= 11 is 1.91. The van der Waals surface area contributed by atoms with Crippen molar-refractivity contribution in [1.82, 2.24) is 10.0 Å². The quantitative estimate of drug-likeness (QED) is 0.810. The number of sulfonamides is 1. The van der Waals surface area contributed by atoms with Gasteiger partial charge in [0.1, 0.15) is 0 Å². The molecule has 1 aliphatic carbocycles. The lowest BCUT2D eigenvalue weighted by Crippen LogP contribution is -2.42. The molecule has 0 atom stereocenters. The summed E-state index contributed by atoms with van der Waals surface area (Å²) in [5, 5.41) is 4.00. The highest BCUT2D eigenvalue weighted by molar-refractivity contribution is 7.99. The predicted octanol–water partition coefficient (Wildman–Crippen LogP) is 1.58. The summed E-state index contributed by atoms with van der Waals surface area (Å²) in [6, 6.07) is 0.176. The van der Waals surface area contributed by atoms with Gasteiger partial charge in [-0.3, -0.25) is 0 Å². The summed E-state index contributed by atoms with van der Waals surface area (Å²) < 4.78 is 27.3. The van der Waals surface area contributed by atoms with Crippen LogP contribution in [0.25, 0.3) is 0 Å². The topological polar surface area (TPSA) is 58.2 Å². The molecule has 0 aromatic heterocycles. The van der Waals surface area contributed by atoms with Crippen LogP contribution in [-0.2, 0) is 10.0 Å². The number of thioether (sulfide) groups is 1. The first-order valence-corrected chi connectivity index (χ1v) is 10.3. The fourth-order valence-electron chi connectivity index (χ4n) is 3.08. The number of hydrogen-bond acceptors (Lipinski definition) is 4. The lowest BCUT2D eigenvalue weighted by Gasteiger charge is -2.29. The smallest absolute Gasteiger partial charge is 0.212 e. The van der Waals surface area contributed by atoms with Crippen LogP contribution in [0.3, 0.4) is 0 Å². The maximum absolute atomic E-state index is 12.2. The summed E-state index contributed by atoms with van der Waals surface area (Å²) in [6.45, 7) is 1.91. The van der Waals surface area contributed by atoms with Crippen molar-refractivity contribution >= 4 is 21.8 Å². The van der Waals surface area contributed by atoms with Crippen molar-refractivity contribution in [2.45, 2.75) is 49.8 Å². The first-order chi connectivity index (χ1) is 9.09. The van der Waals surface area contributed by atoms with Gasteiger partial charge in [-0.15, -0.1) is 0 Å². The maximum Gasteiger partial charge on any atom is 0.212 e. The standard InChI is InChI=1S/C13H26N2O2S2/c1-18-13-4-2-12(3-5-13)15-19(16,17)10-11-6-8-14-9-7-11/h11-15H,2-10H2,1H3. The van der Waals surface area contributed by atoms with E-state index in [4.69, 9.17) is 0 Å². The molecule has 19 heavy (non-hydrogen) atoms. The first kappa shape index (κ1) is 15.6. The third-order valence-corrected chi connectivity index (χ3v) is 7.01. The Morgan fingerprint density at radius 3 is 2.32 bits per heavy atom. The second-order valence-corrected chi connectivity index (χ2v) is 8.74. The van der Waals surface area contributed by atoms with E-state index in [1.807, 2.05) is 11.8 Å². The second-order valence-electron chi connectivity index (χ2n) is 5.80. The molecule has 1 saturated carbocycles. The molecule has 4 nitrogen and oxygen atoms in total. The predicted molar refractivity (Wildman–Crippen MR) is 82.1 cm³/mol. The number of rotatable bonds is 5. The Labute approximate surface area is 121 Å². The molecule has 0 aromatic carbocycles. The minimum Gasteiger partial charge on any atom is -0.317 e. The van der Waals surface area contributed by atoms with Crippen molar-refractivity contribution in [2.75, 3.05) is 25.1 Å². The SMILES string of the molecule is CSC1CCC(NS(=O)(=O)CC2CCNCC2)CC1. The van der Waals surface area contributed by atoms with Gasteiger partial charge in [0.05, 0.1) is 5.75 Å². The van der Waals surface area contributed by atoms with Crippen LogP contribution in [0.5, 0.6) is 0 Å². The van der Waals surface area contributed by atoms with E-state index in [1.54, 1.807) is 0 Å². The number of nitrogens with one attached hydrogen (secondary N) is 2. The number of piperidine rings is 1. The molecule has 2 N–H and O–H groups in total. The van der Waals surface area contributed by atoms with Crippen LogP contribution in [0.2, 0.25) is 0 Å². The summed E-state index contributed by atoms with van der Waals surface area (Å²) in [6.07, 6.45) is 8.39. The monoisotopic (exact) mass is 306 g/mol. The van der Waals surface area contributed by atoms with Crippen LogP contribution < -0.4 is 10.0 Å². The van der Waals surface area contributed by atoms with Crippen LogP contribution in [0, 0.1) is 5.92 Å². The Balaban J connectivity index is 1.77. The van der Waals surface area contributed by atoms with Crippen LogP contribution >= 0.6 is 11.8 Å². The summed E-state index contributed by atoms with van der Waals surface area (Å²) in [5.74, 6) is 0.651. The van der Waals surface area contributed by atoms with E-state index in [0.29, 0.717) is 11.7 Å². The molecule has 0 bridgehead atoms. The fraction of sp³-hybridized carbons (Fsp3) is 1.00. The molecule has 0 amide bonds. The zero-order valence-corrected chi connectivity index (χ0v) is 13.4. The first-order valence-electron chi connectivity index (χ1n) is 7.32. The van der Waals surface area contributed by atoms with Gasteiger partial charge in [-0.2, -0.15) is 11.8 Å². The second kappa shape index (κ2) is 7.29. The lowest BCUT2D eigenvalue weighted by molar-refractivity contribution is 0.391. The average Bonchev–Trinajstić information content (AvgIpc) is 2.39. The lowest BCUT2D eigenvalue weighted by atomic mass is 9.96. The summed E-state index contributed by atoms with van der Waals surface area (Å²) in [4.78, 5) is 0. The molecule has 1 heterocycles. The van der Waals surface area contributed by atoms with Crippen molar-refractivity contribution < 1.29 is 8.42 Å². The van der Waals surface area contributed by atoms with E-state index in [2.05, 4.69) is 16.3 Å². The van der Waals surface area contributed by atoms with Crippen molar-refractivity contribution in [3.8, 4) is 0 Å². The number of hydrogen-bond donors (Lipinski definition) is 2. The molecule has 1 saturated heterocycles. The van der Waals surface area contributed by atoms with E-state index >= 15 is 0 Å². The van der Waals surface area contributed by atoms with Gasteiger partial charge < -0.3 is 5.32 Å². The molecule has 6 heteroatoms. The van der Waals surface area contributed by atoms with Crippen LogP contribution in [-0.4, -0.2) is 44.8 Å². The summed E-state index contributed by atoms with van der Waals surface area (Å²) in [5.41, 5.74) is 0. The van der Waals surface area contributed by atoms with Crippen LogP contribution in [0.1, 0.15) is 38.5 Å². The van der Waals surface area contributed by atoms with Gasteiger partial charge in [0.2, 0.25) is 10.0 Å². The molecule has 0 unspecified atom stereocenters. The van der Waals surface area contributed by atoms with E-state index in [1.165, 1.54) is 0 Å². The molecular weight excluding hydrogens is 280 g/mol. The Hall–Kier alpha value is 0.220. The molecule has 2 rings (SSSR count). The highest BCUT2D eigenvalue weighted by Gasteiger charge is 2.26. The Kier molecular flexibility index (Phi) is 5.99. The molecule has 0 spiro atoms. The van der Waals surface area contributed by atoms with Crippen molar-refractivity contribution in [1.29, 1.82) is 0 Å². The van der Waals surface area contributed by atoms with Gasteiger partial charge >= 0.3 is 0 Å². The van der Waals surface area contributed by atoms with Gasteiger partial charge in [0.25, 0.3) is 0 Å². The molecular formula is C13H26N2O2S2. The third-order valence-electron chi connectivity index (χ3n) is 4.27. The van der Waals surface area contributed by atoms with E-state index in [9.17, 15) is 8.42 Å². The zero-order valence-electron chi connectivity index (χ0n) is 11.7. The van der Waals surface area contributed by atoms with E-state index in [-0.39, 0.29) is 6.04 Å². The largest absolute Gasteiger partial charge is 0.317 e. The molecule has 2 fully saturated rings. The minimum absolute atomic E-state index is 0.176. The van der Waals surface area contributed by atoms with E-state index < -0.39 is 10.0 Å². The molecule has 0 aromatic rings. The molecule has 0 radical (unpaired) electrons. The van der Waals surface area contributed by atoms with E-state index in [0.717, 1.165) is 56.9 Å². The Morgan fingerprint density at radius 2 is 1.74 bits per heavy atom. The highest BCUT2D eigenvalue weighted by Crippen LogP contribution is 2.27. The Bertz CT molecular complexity index is 359. The fourth-order valence-corrected chi connectivity index (χ4v) is 5.61. The Morgan fingerprint density at radius 1 is 1.11 bits per heavy atom.